The van der Waals surface area contributed by atoms with Gasteiger partial charge < -0.3 is 14.4 Å². The first kappa shape index (κ1) is 16.6. The average Bonchev–Trinajstić information content (AvgIpc) is 3.00. The zero-order valence-electron chi connectivity index (χ0n) is 15.2. The van der Waals surface area contributed by atoms with Crippen LogP contribution < -0.4 is 9.47 Å². The minimum atomic E-state index is 0.0997. The molecule has 0 aliphatic carbocycles. The quantitative estimate of drug-likeness (QED) is 0.837. The average molecular weight is 365 g/mol. The molecule has 2 aromatic rings. The summed E-state index contributed by atoms with van der Waals surface area (Å²) in [5.74, 6) is 2.00. The molecule has 4 aliphatic heterocycles. The largest absolute Gasteiger partial charge is 0.454 e. The first-order valence-electron chi connectivity index (χ1n) is 9.59. The van der Waals surface area contributed by atoms with Gasteiger partial charge in [-0.3, -0.25) is 14.7 Å². The second-order valence-corrected chi connectivity index (χ2v) is 7.64. The fourth-order valence-corrected chi connectivity index (χ4v) is 4.47. The molecule has 4 aliphatic rings. The van der Waals surface area contributed by atoms with Crippen LogP contribution in [0.5, 0.6) is 11.5 Å². The highest BCUT2D eigenvalue weighted by Crippen LogP contribution is 2.34. The smallest absolute Gasteiger partial charge is 0.254 e. The van der Waals surface area contributed by atoms with Crippen LogP contribution in [0.15, 0.2) is 42.6 Å². The van der Waals surface area contributed by atoms with Gasteiger partial charge in [-0.2, -0.15) is 0 Å². The summed E-state index contributed by atoms with van der Waals surface area (Å²) in [4.78, 5) is 22.2. The lowest BCUT2D eigenvalue weighted by Gasteiger charge is -2.36. The third kappa shape index (κ3) is 3.25. The van der Waals surface area contributed by atoms with Crippen molar-refractivity contribution >= 4 is 5.91 Å². The number of benzene rings is 1. The van der Waals surface area contributed by atoms with Crippen molar-refractivity contribution in [2.45, 2.75) is 25.4 Å². The fraction of sp³-hybridized carbons (Fsp3) is 0.429. The molecule has 5 heterocycles. The third-order valence-corrected chi connectivity index (χ3v) is 5.78. The van der Waals surface area contributed by atoms with E-state index in [1.807, 2.05) is 36.5 Å². The summed E-state index contributed by atoms with van der Waals surface area (Å²) >= 11 is 0. The SMILES string of the molecule is O=C(c1ccc2c(c1)OCO2)N1C[C@H]2CC[C@@H]1CN(Cc1ccccn1)C2. The third-order valence-electron chi connectivity index (χ3n) is 5.78. The van der Waals surface area contributed by atoms with E-state index in [0.717, 1.165) is 38.3 Å². The topological polar surface area (TPSA) is 54.9 Å². The van der Waals surface area contributed by atoms with E-state index < -0.39 is 0 Å². The van der Waals surface area contributed by atoms with Crippen LogP contribution in [-0.2, 0) is 6.54 Å². The summed E-state index contributed by atoms with van der Waals surface area (Å²) in [6.45, 7) is 3.84. The molecule has 0 spiro atoms. The molecule has 2 atom stereocenters. The number of piperidine rings is 1. The zero-order chi connectivity index (χ0) is 18.2. The molecule has 6 rings (SSSR count). The van der Waals surface area contributed by atoms with E-state index >= 15 is 0 Å². The van der Waals surface area contributed by atoms with Gasteiger partial charge in [0.25, 0.3) is 5.91 Å². The van der Waals surface area contributed by atoms with Crippen LogP contribution in [0.4, 0.5) is 0 Å². The maximum absolute atomic E-state index is 13.2. The molecule has 2 bridgehead atoms. The summed E-state index contributed by atoms with van der Waals surface area (Å²) in [5, 5.41) is 0. The molecule has 6 heteroatoms. The number of rotatable bonds is 3. The van der Waals surface area contributed by atoms with Crippen molar-refractivity contribution in [2.24, 2.45) is 5.92 Å². The summed E-state index contributed by atoms with van der Waals surface area (Å²) in [6, 6.07) is 11.8. The van der Waals surface area contributed by atoms with E-state index in [1.54, 1.807) is 0 Å². The number of ether oxygens (including phenoxy) is 2. The van der Waals surface area contributed by atoms with Crippen LogP contribution in [0.2, 0.25) is 0 Å². The van der Waals surface area contributed by atoms with Crippen LogP contribution in [0.25, 0.3) is 0 Å². The highest BCUT2D eigenvalue weighted by Gasteiger charge is 2.37. The second-order valence-electron chi connectivity index (χ2n) is 7.64. The van der Waals surface area contributed by atoms with Gasteiger partial charge in [0, 0.05) is 44.0 Å². The van der Waals surface area contributed by atoms with Gasteiger partial charge in [-0.1, -0.05) is 6.07 Å². The predicted molar refractivity (Wildman–Crippen MR) is 99.6 cm³/mol. The van der Waals surface area contributed by atoms with Gasteiger partial charge in [0.2, 0.25) is 6.79 Å². The fourth-order valence-electron chi connectivity index (χ4n) is 4.47. The summed E-state index contributed by atoms with van der Waals surface area (Å²) in [5.41, 5.74) is 1.77. The highest BCUT2D eigenvalue weighted by molar-refractivity contribution is 5.95. The molecule has 0 saturated carbocycles. The van der Waals surface area contributed by atoms with Crippen molar-refractivity contribution in [1.82, 2.24) is 14.8 Å². The molecule has 6 nitrogen and oxygen atoms in total. The molecule has 3 fully saturated rings. The Bertz CT molecular complexity index is 842. The Morgan fingerprint density at radius 2 is 2.00 bits per heavy atom. The maximum Gasteiger partial charge on any atom is 0.254 e. The Hall–Kier alpha value is -2.60. The molecule has 140 valence electrons. The Labute approximate surface area is 158 Å². The van der Waals surface area contributed by atoms with Crippen LogP contribution >= 0.6 is 0 Å². The van der Waals surface area contributed by atoms with Crippen molar-refractivity contribution in [3.63, 3.8) is 0 Å². The van der Waals surface area contributed by atoms with Gasteiger partial charge in [0.05, 0.1) is 5.69 Å². The first-order chi connectivity index (χ1) is 13.3. The normalized spacial score (nSPS) is 24.1. The monoisotopic (exact) mass is 365 g/mol. The van der Waals surface area contributed by atoms with Gasteiger partial charge in [-0.25, -0.2) is 0 Å². The van der Waals surface area contributed by atoms with E-state index in [-0.39, 0.29) is 18.7 Å². The summed E-state index contributed by atoms with van der Waals surface area (Å²) in [7, 11) is 0. The Kier molecular flexibility index (Phi) is 4.20. The summed E-state index contributed by atoms with van der Waals surface area (Å²) in [6.07, 6.45) is 4.10. The maximum atomic E-state index is 13.2. The van der Waals surface area contributed by atoms with E-state index in [2.05, 4.69) is 20.9 Å². The van der Waals surface area contributed by atoms with E-state index in [9.17, 15) is 4.79 Å². The number of carbonyl (C=O) groups excluding carboxylic acids is 1. The van der Waals surface area contributed by atoms with Crippen LogP contribution in [-0.4, -0.2) is 53.2 Å². The molecule has 0 unspecified atom stereocenters. The molecular formula is C21H23N3O3. The number of nitrogens with zero attached hydrogens (tertiary/aromatic N) is 3. The van der Waals surface area contributed by atoms with Crippen LogP contribution in [0, 0.1) is 5.92 Å². The number of aromatic nitrogens is 1. The van der Waals surface area contributed by atoms with Gasteiger partial charge >= 0.3 is 0 Å². The highest BCUT2D eigenvalue weighted by atomic mass is 16.7. The Morgan fingerprint density at radius 3 is 2.89 bits per heavy atom. The number of hydrogen-bond donors (Lipinski definition) is 0. The Balaban J connectivity index is 1.33. The first-order valence-corrected chi connectivity index (χ1v) is 9.59. The lowest BCUT2D eigenvalue weighted by atomic mass is 9.94. The summed E-state index contributed by atoms with van der Waals surface area (Å²) < 4.78 is 10.8. The van der Waals surface area contributed by atoms with Crippen molar-refractivity contribution in [1.29, 1.82) is 0 Å². The minimum absolute atomic E-state index is 0.0997. The number of hydrogen-bond acceptors (Lipinski definition) is 5. The molecule has 27 heavy (non-hydrogen) atoms. The predicted octanol–water partition coefficient (Wildman–Crippen LogP) is 2.55. The lowest BCUT2D eigenvalue weighted by Crippen LogP contribution is -2.47. The van der Waals surface area contributed by atoms with Crippen molar-refractivity contribution in [2.75, 3.05) is 26.4 Å². The van der Waals surface area contributed by atoms with Crippen molar-refractivity contribution < 1.29 is 14.3 Å². The van der Waals surface area contributed by atoms with E-state index in [1.165, 1.54) is 6.42 Å². The number of pyridine rings is 1. The molecular weight excluding hydrogens is 342 g/mol. The van der Waals surface area contributed by atoms with E-state index in [4.69, 9.17) is 9.47 Å². The molecule has 1 aromatic heterocycles. The second kappa shape index (κ2) is 6.85. The molecule has 0 radical (unpaired) electrons. The Morgan fingerprint density at radius 1 is 1.07 bits per heavy atom. The van der Waals surface area contributed by atoms with Crippen molar-refractivity contribution in [3.05, 3.63) is 53.9 Å². The van der Waals surface area contributed by atoms with E-state index in [0.29, 0.717) is 23.0 Å². The lowest BCUT2D eigenvalue weighted by molar-refractivity contribution is 0.0584. The molecule has 3 saturated heterocycles. The van der Waals surface area contributed by atoms with Gasteiger partial charge in [0.15, 0.2) is 11.5 Å². The van der Waals surface area contributed by atoms with Crippen LogP contribution in [0.1, 0.15) is 28.9 Å². The van der Waals surface area contributed by atoms with Gasteiger partial charge in [-0.05, 0) is 49.1 Å². The van der Waals surface area contributed by atoms with Crippen LogP contribution in [0.3, 0.4) is 0 Å². The van der Waals surface area contributed by atoms with Gasteiger partial charge in [-0.15, -0.1) is 0 Å². The standard InChI is InChI=1S/C21H23N3O3/c25-21(16-5-7-19-20(9-16)27-14-26-19)24-11-15-4-6-18(24)13-23(10-15)12-17-3-1-2-8-22-17/h1-3,5,7-9,15,18H,4,6,10-14H2/t15-,18+/m0/s1. The number of carbonyl (C=O) groups is 1. The van der Waals surface area contributed by atoms with Crippen molar-refractivity contribution in [3.8, 4) is 11.5 Å². The minimum Gasteiger partial charge on any atom is -0.454 e. The molecule has 1 amide bonds. The molecule has 1 aromatic carbocycles. The molecule has 0 N–H and O–H groups in total. The van der Waals surface area contributed by atoms with Gasteiger partial charge in [0.1, 0.15) is 0 Å². The number of amides is 1. The zero-order valence-corrected chi connectivity index (χ0v) is 15.2. The number of fused-ring (bicyclic) bond motifs is 5.